The number of hydrogen-bond donors (Lipinski definition) is 1. The second-order valence-electron chi connectivity index (χ2n) is 6.80. The zero-order chi connectivity index (χ0) is 15.7. The molecule has 0 bridgehead atoms. The Labute approximate surface area is 123 Å². The maximum absolute atomic E-state index is 12.6. The van der Waals surface area contributed by atoms with Crippen LogP contribution in [0.15, 0.2) is 11.0 Å². The van der Waals surface area contributed by atoms with Crippen molar-refractivity contribution in [3.05, 3.63) is 28.3 Å². The minimum absolute atomic E-state index is 0.120. The predicted octanol–water partition coefficient (Wildman–Crippen LogP) is 3.63. The molecule has 0 saturated carbocycles. The van der Waals surface area contributed by atoms with Gasteiger partial charge < -0.3 is 0 Å². The summed E-state index contributed by atoms with van der Waals surface area (Å²) in [6, 6.07) is 2.04. The first-order valence-corrected chi connectivity index (χ1v) is 8.51. The molecule has 0 atom stereocenters. The van der Waals surface area contributed by atoms with Crippen molar-refractivity contribution in [1.29, 1.82) is 0 Å². The summed E-state index contributed by atoms with van der Waals surface area (Å²) >= 11 is 0. The molecule has 0 heterocycles. The highest BCUT2D eigenvalue weighted by atomic mass is 32.2. The van der Waals surface area contributed by atoms with E-state index in [2.05, 4.69) is 25.5 Å². The Morgan fingerprint density at radius 3 is 1.85 bits per heavy atom. The highest BCUT2D eigenvalue weighted by molar-refractivity contribution is 7.89. The van der Waals surface area contributed by atoms with E-state index in [4.69, 9.17) is 0 Å². The van der Waals surface area contributed by atoms with Crippen LogP contribution < -0.4 is 4.72 Å². The number of rotatable bonds is 4. The minimum Gasteiger partial charge on any atom is -0.211 e. The fourth-order valence-electron chi connectivity index (χ4n) is 2.22. The maximum Gasteiger partial charge on any atom is 0.241 e. The van der Waals surface area contributed by atoms with Crippen LogP contribution in [-0.4, -0.2) is 15.0 Å². The van der Waals surface area contributed by atoms with E-state index in [0.717, 1.165) is 28.7 Å². The van der Waals surface area contributed by atoms with E-state index >= 15 is 0 Å². The molecule has 0 unspecified atom stereocenters. The van der Waals surface area contributed by atoms with Crippen LogP contribution >= 0.6 is 0 Å². The molecule has 0 amide bonds. The Kier molecular flexibility index (Phi) is 5.03. The summed E-state index contributed by atoms with van der Waals surface area (Å²) < 4.78 is 27.8. The predicted molar refractivity (Wildman–Crippen MR) is 84.7 cm³/mol. The van der Waals surface area contributed by atoms with Crippen molar-refractivity contribution >= 4 is 10.0 Å². The monoisotopic (exact) mass is 297 g/mol. The lowest BCUT2D eigenvalue weighted by Gasteiger charge is -2.20. The van der Waals surface area contributed by atoms with Crippen molar-refractivity contribution < 1.29 is 8.42 Å². The Morgan fingerprint density at radius 1 is 1.00 bits per heavy atom. The number of nitrogens with one attached hydrogen (secondary N) is 1. The van der Waals surface area contributed by atoms with Crippen molar-refractivity contribution in [3.63, 3.8) is 0 Å². The van der Waals surface area contributed by atoms with E-state index in [9.17, 15) is 8.42 Å². The van der Waals surface area contributed by atoms with Crippen LogP contribution in [0.3, 0.4) is 0 Å². The van der Waals surface area contributed by atoms with Gasteiger partial charge in [-0.25, -0.2) is 13.1 Å². The van der Waals surface area contributed by atoms with E-state index in [0.29, 0.717) is 11.4 Å². The fourth-order valence-corrected chi connectivity index (χ4v) is 3.86. The molecule has 0 saturated heterocycles. The van der Waals surface area contributed by atoms with Crippen LogP contribution in [0.5, 0.6) is 0 Å². The van der Waals surface area contributed by atoms with E-state index < -0.39 is 10.0 Å². The molecule has 0 aliphatic heterocycles. The van der Waals surface area contributed by atoms with Gasteiger partial charge in [0.1, 0.15) is 0 Å². The summed E-state index contributed by atoms with van der Waals surface area (Å²) in [5.41, 5.74) is 3.84. The normalized spacial score (nSPS) is 12.8. The third-order valence-corrected chi connectivity index (χ3v) is 5.47. The van der Waals surface area contributed by atoms with Gasteiger partial charge in [0.2, 0.25) is 10.0 Å². The van der Waals surface area contributed by atoms with Gasteiger partial charge in [0.05, 0.1) is 4.90 Å². The lowest BCUT2D eigenvalue weighted by Crippen LogP contribution is -2.29. The fraction of sp³-hybridized carbons (Fsp3) is 0.625. The van der Waals surface area contributed by atoms with E-state index in [-0.39, 0.29) is 5.41 Å². The zero-order valence-corrected chi connectivity index (χ0v) is 14.5. The molecule has 20 heavy (non-hydrogen) atoms. The van der Waals surface area contributed by atoms with Gasteiger partial charge in [0.25, 0.3) is 0 Å². The molecule has 0 radical (unpaired) electrons. The maximum atomic E-state index is 12.6. The first-order valence-electron chi connectivity index (χ1n) is 7.03. The van der Waals surface area contributed by atoms with Crippen LogP contribution in [0.25, 0.3) is 0 Å². The van der Waals surface area contributed by atoms with Gasteiger partial charge in [-0.2, -0.15) is 0 Å². The average Bonchev–Trinajstić information content (AvgIpc) is 2.24. The number of aryl methyl sites for hydroxylation is 2. The van der Waals surface area contributed by atoms with Gasteiger partial charge in [-0.1, -0.05) is 26.8 Å². The van der Waals surface area contributed by atoms with E-state index in [1.807, 2.05) is 33.8 Å². The second-order valence-corrected chi connectivity index (χ2v) is 8.50. The van der Waals surface area contributed by atoms with E-state index in [1.165, 1.54) is 0 Å². The van der Waals surface area contributed by atoms with Crippen molar-refractivity contribution in [2.45, 2.75) is 59.8 Å². The number of sulfonamides is 1. The summed E-state index contributed by atoms with van der Waals surface area (Å²) in [5, 5.41) is 0. The van der Waals surface area contributed by atoms with Crippen molar-refractivity contribution in [2.24, 2.45) is 5.41 Å². The number of benzene rings is 1. The van der Waals surface area contributed by atoms with Crippen LogP contribution in [0.1, 0.15) is 49.4 Å². The molecule has 1 aromatic carbocycles. The van der Waals surface area contributed by atoms with Gasteiger partial charge in [0, 0.05) is 6.54 Å². The molecule has 1 rings (SSSR count). The van der Waals surface area contributed by atoms with Crippen molar-refractivity contribution in [1.82, 2.24) is 4.72 Å². The molecule has 0 aliphatic rings. The second kappa shape index (κ2) is 5.86. The molecule has 1 aromatic rings. The highest BCUT2D eigenvalue weighted by Gasteiger charge is 2.22. The summed E-state index contributed by atoms with van der Waals surface area (Å²) in [4.78, 5) is 0.448. The molecule has 0 fully saturated rings. The van der Waals surface area contributed by atoms with Crippen LogP contribution in [0.4, 0.5) is 0 Å². The summed E-state index contributed by atoms with van der Waals surface area (Å²) in [6.07, 6.45) is 0.815. The molecule has 4 heteroatoms. The number of hydrogen-bond acceptors (Lipinski definition) is 2. The van der Waals surface area contributed by atoms with Crippen LogP contribution in [0, 0.1) is 33.1 Å². The average molecular weight is 297 g/mol. The molecule has 114 valence electrons. The standard InChI is InChI=1S/C16H27NO2S/c1-11-10-12(2)14(4)15(13(11)3)20(18,19)17-9-8-16(5,6)7/h10,17H,8-9H2,1-7H3. The lowest BCUT2D eigenvalue weighted by molar-refractivity contribution is 0.378. The topological polar surface area (TPSA) is 46.2 Å². The zero-order valence-electron chi connectivity index (χ0n) is 13.7. The first-order chi connectivity index (χ1) is 8.96. The molecular weight excluding hydrogens is 270 g/mol. The lowest BCUT2D eigenvalue weighted by atomic mass is 9.93. The molecule has 0 aliphatic carbocycles. The van der Waals surface area contributed by atoms with Crippen molar-refractivity contribution in [2.75, 3.05) is 6.54 Å². The van der Waals surface area contributed by atoms with Gasteiger partial charge >= 0.3 is 0 Å². The summed E-state index contributed by atoms with van der Waals surface area (Å²) in [6.45, 7) is 14.4. The van der Waals surface area contributed by atoms with E-state index in [1.54, 1.807) is 0 Å². The van der Waals surface area contributed by atoms with Gasteiger partial charge in [-0.3, -0.25) is 0 Å². The summed E-state index contributed by atoms with van der Waals surface area (Å²) in [7, 11) is -3.44. The Bertz CT molecular complexity index is 570. The highest BCUT2D eigenvalue weighted by Crippen LogP contribution is 2.26. The minimum atomic E-state index is -3.44. The molecule has 3 nitrogen and oxygen atoms in total. The smallest absolute Gasteiger partial charge is 0.211 e. The Hall–Kier alpha value is -0.870. The third-order valence-electron chi connectivity index (χ3n) is 3.73. The van der Waals surface area contributed by atoms with Crippen LogP contribution in [-0.2, 0) is 10.0 Å². The first kappa shape index (κ1) is 17.2. The van der Waals surface area contributed by atoms with Crippen molar-refractivity contribution in [3.8, 4) is 0 Å². The summed E-state index contributed by atoms with van der Waals surface area (Å²) in [5.74, 6) is 0. The largest absolute Gasteiger partial charge is 0.241 e. The van der Waals surface area contributed by atoms with Gasteiger partial charge in [-0.15, -0.1) is 0 Å². The quantitative estimate of drug-likeness (QED) is 0.922. The molecular formula is C16H27NO2S. The Morgan fingerprint density at radius 2 is 1.45 bits per heavy atom. The molecule has 0 spiro atoms. The molecule has 0 aromatic heterocycles. The van der Waals surface area contributed by atoms with Gasteiger partial charge in [-0.05, 0) is 61.8 Å². The third kappa shape index (κ3) is 4.06. The Balaban J connectivity index is 3.11. The SMILES string of the molecule is Cc1cc(C)c(C)c(S(=O)(=O)NCCC(C)(C)C)c1C. The van der Waals surface area contributed by atoms with Gasteiger partial charge in [0.15, 0.2) is 0 Å². The molecule has 1 N–H and O–H groups in total. The van der Waals surface area contributed by atoms with Crippen LogP contribution in [0.2, 0.25) is 0 Å².